The number of pyridine rings is 1. The second-order valence-electron chi connectivity index (χ2n) is 10.0. The Hall–Kier alpha value is -3.30. The van der Waals surface area contributed by atoms with E-state index in [0.717, 1.165) is 38.0 Å². The summed E-state index contributed by atoms with van der Waals surface area (Å²) in [5.74, 6) is -0.724. The molecule has 9 heteroatoms. The first-order valence-corrected chi connectivity index (χ1v) is 12.6. The van der Waals surface area contributed by atoms with Crippen molar-refractivity contribution in [1.82, 2.24) is 19.4 Å². The third-order valence-electron chi connectivity index (χ3n) is 8.09. The molecule has 2 aromatic heterocycles. The highest BCUT2D eigenvalue weighted by molar-refractivity contribution is 5.83. The zero-order valence-corrected chi connectivity index (χ0v) is 19.9. The van der Waals surface area contributed by atoms with Gasteiger partial charge in [-0.05, 0) is 49.1 Å². The van der Waals surface area contributed by atoms with E-state index in [1.54, 1.807) is 29.0 Å². The summed E-state index contributed by atoms with van der Waals surface area (Å²) in [6, 6.07) is 8.91. The number of rotatable bonds is 5. The molecule has 0 unspecified atom stereocenters. The zero-order valence-electron chi connectivity index (χ0n) is 19.9. The Bertz CT molecular complexity index is 1300. The quantitative estimate of drug-likeness (QED) is 0.589. The van der Waals surface area contributed by atoms with Gasteiger partial charge in [0.25, 0.3) is 5.56 Å². The Morgan fingerprint density at radius 3 is 2.58 bits per heavy atom. The first-order valence-electron chi connectivity index (χ1n) is 12.6. The fourth-order valence-electron chi connectivity index (χ4n) is 6.42. The number of oxazole rings is 1. The number of hydrogen-bond acceptors (Lipinski definition) is 6. The van der Waals surface area contributed by atoms with Gasteiger partial charge < -0.3 is 19.0 Å². The van der Waals surface area contributed by atoms with E-state index in [1.165, 1.54) is 18.5 Å². The molecule has 2 fully saturated rings. The molecule has 5 heterocycles. The van der Waals surface area contributed by atoms with E-state index in [9.17, 15) is 19.1 Å². The molecule has 1 N–H and O–H groups in total. The lowest BCUT2D eigenvalue weighted by Crippen LogP contribution is -2.51. The Morgan fingerprint density at radius 1 is 1.11 bits per heavy atom. The predicted octanol–water partition coefficient (Wildman–Crippen LogP) is 2.82. The van der Waals surface area contributed by atoms with E-state index < -0.39 is 6.04 Å². The molecule has 8 nitrogen and oxygen atoms in total. The number of amides is 1. The first kappa shape index (κ1) is 23.1. The molecule has 1 amide bonds. The van der Waals surface area contributed by atoms with Crippen molar-refractivity contribution in [3.8, 4) is 11.1 Å². The van der Waals surface area contributed by atoms with Crippen LogP contribution < -0.4 is 5.56 Å². The molecule has 0 radical (unpaired) electrons. The number of likely N-dealkylation sites (tertiary alicyclic amines) is 2. The molecule has 0 bridgehead atoms. The number of piperidine rings is 1. The maximum atomic E-state index is 13.8. The minimum atomic E-state index is -0.500. The highest BCUT2D eigenvalue weighted by Crippen LogP contribution is 2.50. The van der Waals surface area contributed by atoms with Crippen molar-refractivity contribution in [3.63, 3.8) is 0 Å². The predicted molar refractivity (Wildman–Crippen MR) is 129 cm³/mol. The maximum Gasteiger partial charge on any atom is 0.258 e. The van der Waals surface area contributed by atoms with Crippen molar-refractivity contribution in [3.05, 3.63) is 76.6 Å². The number of fused-ring (bicyclic) bond motifs is 3. The standard InChI is InChI=1S/C27H29FN4O4/c28-18-6-4-17(5-7-18)20-8-9-23-24-21(13-31(23)26(20)34)22(14-33)25(27(35)30-10-2-1-3-11-30)32(24)12-19-15-36-16-29-19/h4-9,15-16,21-22,24-25,33H,1-3,10-14H2/t21-,22-,24+,25-/m0/s1. The number of halogens is 1. The Kier molecular flexibility index (Phi) is 5.97. The summed E-state index contributed by atoms with van der Waals surface area (Å²) in [7, 11) is 0. The molecule has 0 saturated carbocycles. The number of aromatic nitrogens is 2. The van der Waals surface area contributed by atoms with Gasteiger partial charge in [-0.25, -0.2) is 9.37 Å². The number of benzene rings is 1. The largest absolute Gasteiger partial charge is 0.451 e. The van der Waals surface area contributed by atoms with E-state index in [2.05, 4.69) is 9.88 Å². The number of carbonyl (C=O) groups excluding carboxylic acids is 1. The number of nitrogens with zero attached hydrogens (tertiary/aromatic N) is 4. The normalized spacial score (nSPS) is 25.7. The fourth-order valence-corrected chi connectivity index (χ4v) is 6.42. The molecule has 36 heavy (non-hydrogen) atoms. The lowest BCUT2D eigenvalue weighted by Gasteiger charge is -2.36. The van der Waals surface area contributed by atoms with Gasteiger partial charge >= 0.3 is 0 Å². The van der Waals surface area contributed by atoms with Crippen LogP contribution in [0.25, 0.3) is 11.1 Å². The summed E-state index contributed by atoms with van der Waals surface area (Å²) in [6.07, 6.45) is 6.04. The smallest absolute Gasteiger partial charge is 0.258 e. The highest BCUT2D eigenvalue weighted by atomic mass is 19.1. The monoisotopic (exact) mass is 492 g/mol. The number of aliphatic hydroxyl groups excluding tert-OH is 1. The van der Waals surface area contributed by atoms with Crippen molar-refractivity contribution in [2.24, 2.45) is 11.8 Å². The number of carbonyl (C=O) groups is 1. The van der Waals surface area contributed by atoms with Crippen molar-refractivity contribution in [2.75, 3.05) is 19.7 Å². The molecular formula is C27H29FN4O4. The summed E-state index contributed by atoms with van der Waals surface area (Å²) in [5, 5.41) is 10.5. The summed E-state index contributed by atoms with van der Waals surface area (Å²) < 4.78 is 20.4. The molecule has 0 aliphatic carbocycles. The van der Waals surface area contributed by atoms with Gasteiger partial charge in [0.2, 0.25) is 5.91 Å². The van der Waals surface area contributed by atoms with Gasteiger partial charge in [-0.2, -0.15) is 0 Å². The maximum absolute atomic E-state index is 13.8. The summed E-state index contributed by atoms with van der Waals surface area (Å²) >= 11 is 0. The molecule has 4 atom stereocenters. The molecule has 2 saturated heterocycles. The van der Waals surface area contributed by atoms with Crippen LogP contribution in [0.5, 0.6) is 0 Å². The van der Waals surface area contributed by atoms with E-state index in [4.69, 9.17) is 4.42 Å². The van der Waals surface area contributed by atoms with Gasteiger partial charge in [0.05, 0.1) is 17.8 Å². The molecule has 0 spiro atoms. The summed E-state index contributed by atoms with van der Waals surface area (Å²) in [6.45, 7) is 2.12. The van der Waals surface area contributed by atoms with E-state index in [1.807, 2.05) is 11.0 Å². The molecule has 3 aliphatic rings. The van der Waals surface area contributed by atoms with Crippen LogP contribution in [0, 0.1) is 17.7 Å². The van der Waals surface area contributed by atoms with Crippen LogP contribution in [0.4, 0.5) is 4.39 Å². The minimum Gasteiger partial charge on any atom is -0.451 e. The molecule has 6 rings (SSSR count). The van der Waals surface area contributed by atoms with Crippen LogP contribution in [0.2, 0.25) is 0 Å². The van der Waals surface area contributed by atoms with Crippen LogP contribution in [0.15, 0.2) is 58.3 Å². The Balaban J connectivity index is 1.41. The van der Waals surface area contributed by atoms with Crippen LogP contribution >= 0.6 is 0 Å². The van der Waals surface area contributed by atoms with Gasteiger partial charge in [-0.1, -0.05) is 12.1 Å². The molecule has 188 valence electrons. The number of hydrogen-bond donors (Lipinski definition) is 1. The second kappa shape index (κ2) is 9.29. The Labute approximate surface area is 208 Å². The SMILES string of the molecule is O=C([C@@H]1[C@@H](CO)[C@@H]2Cn3c(ccc(-c4ccc(F)cc4)c3=O)[C@@H]2N1Cc1cocn1)N1CCCCC1. The average molecular weight is 493 g/mol. The van der Waals surface area contributed by atoms with E-state index >= 15 is 0 Å². The third kappa shape index (κ3) is 3.77. The van der Waals surface area contributed by atoms with Crippen molar-refractivity contribution in [1.29, 1.82) is 0 Å². The van der Waals surface area contributed by atoms with Gasteiger partial charge in [0.1, 0.15) is 12.1 Å². The van der Waals surface area contributed by atoms with Crippen LogP contribution in [-0.2, 0) is 17.9 Å². The average Bonchev–Trinajstić information content (AvgIpc) is 3.62. The van der Waals surface area contributed by atoms with Gasteiger partial charge in [-0.3, -0.25) is 14.5 Å². The van der Waals surface area contributed by atoms with Crippen LogP contribution in [-0.4, -0.2) is 56.1 Å². The number of aliphatic hydroxyl groups is 1. The van der Waals surface area contributed by atoms with E-state index in [0.29, 0.717) is 29.9 Å². The summed E-state index contributed by atoms with van der Waals surface area (Å²) in [4.78, 5) is 35.7. The molecule has 3 aliphatic heterocycles. The van der Waals surface area contributed by atoms with Gasteiger partial charge in [0.15, 0.2) is 6.39 Å². The van der Waals surface area contributed by atoms with Crippen molar-refractivity contribution >= 4 is 5.91 Å². The molecular weight excluding hydrogens is 463 g/mol. The van der Waals surface area contributed by atoms with Crippen molar-refractivity contribution in [2.45, 2.75) is 44.4 Å². The van der Waals surface area contributed by atoms with Crippen molar-refractivity contribution < 1.29 is 18.7 Å². The zero-order chi connectivity index (χ0) is 24.8. The second-order valence-corrected chi connectivity index (χ2v) is 10.0. The summed E-state index contributed by atoms with van der Waals surface area (Å²) in [5.41, 5.74) is 2.54. The van der Waals surface area contributed by atoms with Gasteiger partial charge in [0, 0.05) is 55.9 Å². The van der Waals surface area contributed by atoms with E-state index in [-0.39, 0.29) is 41.8 Å². The molecule has 1 aromatic carbocycles. The fraction of sp³-hybridized carbons (Fsp3) is 0.444. The minimum absolute atomic E-state index is 0.0449. The highest BCUT2D eigenvalue weighted by Gasteiger charge is 2.56. The Morgan fingerprint density at radius 2 is 1.89 bits per heavy atom. The lowest BCUT2D eigenvalue weighted by atomic mass is 9.88. The molecule has 3 aromatic rings. The first-order chi connectivity index (χ1) is 17.6. The lowest BCUT2D eigenvalue weighted by molar-refractivity contribution is -0.139. The van der Waals surface area contributed by atoms with Gasteiger partial charge in [-0.15, -0.1) is 0 Å². The third-order valence-corrected chi connectivity index (χ3v) is 8.09. The van der Waals surface area contributed by atoms with Crippen LogP contribution in [0.3, 0.4) is 0 Å². The topological polar surface area (TPSA) is 91.8 Å². The van der Waals surface area contributed by atoms with Crippen LogP contribution in [0.1, 0.15) is 36.7 Å².